The highest BCUT2D eigenvalue weighted by molar-refractivity contribution is 5.94. The van der Waals surface area contributed by atoms with E-state index in [0.29, 0.717) is 12.1 Å². The summed E-state index contributed by atoms with van der Waals surface area (Å²) >= 11 is 0. The fourth-order valence-electron chi connectivity index (χ4n) is 2.63. The van der Waals surface area contributed by atoms with Crippen molar-refractivity contribution in [1.82, 2.24) is 10.2 Å². The van der Waals surface area contributed by atoms with Gasteiger partial charge >= 0.3 is 0 Å². The third-order valence-corrected chi connectivity index (χ3v) is 3.55. The third kappa shape index (κ3) is 4.51. The van der Waals surface area contributed by atoms with Crippen molar-refractivity contribution < 1.29 is 14.5 Å². The molecule has 2 atom stereocenters. The van der Waals surface area contributed by atoms with E-state index in [1.165, 1.54) is 24.3 Å². The summed E-state index contributed by atoms with van der Waals surface area (Å²) in [4.78, 5) is 24.3. The summed E-state index contributed by atoms with van der Waals surface area (Å²) in [5, 5.41) is 13.4. The second-order valence-corrected chi connectivity index (χ2v) is 5.58. The second-order valence-electron chi connectivity index (χ2n) is 5.58. The van der Waals surface area contributed by atoms with Crippen LogP contribution in [0.15, 0.2) is 24.3 Å². The number of nitro benzene ring substituents is 1. The van der Waals surface area contributed by atoms with E-state index < -0.39 is 4.92 Å². The van der Waals surface area contributed by atoms with Crippen LogP contribution in [0, 0.1) is 10.1 Å². The van der Waals surface area contributed by atoms with E-state index in [1.54, 1.807) is 0 Å². The van der Waals surface area contributed by atoms with Crippen molar-refractivity contribution in [1.29, 1.82) is 0 Å². The number of nitrogens with zero attached hydrogens (tertiary/aromatic N) is 2. The molecule has 120 valence electrons. The smallest absolute Gasteiger partial charge is 0.269 e. The molecule has 0 saturated carbocycles. The Kier molecular flexibility index (Phi) is 5.46. The third-order valence-electron chi connectivity index (χ3n) is 3.55. The molecule has 1 heterocycles. The average molecular weight is 307 g/mol. The van der Waals surface area contributed by atoms with Crippen molar-refractivity contribution in [3.8, 4) is 0 Å². The van der Waals surface area contributed by atoms with Gasteiger partial charge in [-0.05, 0) is 26.0 Å². The van der Waals surface area contributed by atoms with Gasteiger partial charge in [-0.25, -0.2) is 0 Å². The molecule has 22 heavy (non-hydrogen) atoms. The Labute approximate surface area is 129 Å². The van der Waals surface area contributed by atoms with Crippen LogP contribution in [0.5, 0.6) is 0 Å². The van der Waals surface area contributed by atoms with Gasteiger partial charge in [0.1, 0.15) is 0 Å². The van der Waals surface area contributed by atoms with Crippen LogP contribution >= 0.6 is 0 Å². The standard InChI is InChI=1S/C15H21N3O4/c1-11-9-17(10-12(2)22-11)8-7-16-15(19)13-3-5-14(6-4-13)18(20)21/h3-6,11-12H,7-10H2,1-2H3,(H,16,19). The summed E-state index contributed by atoms with van der Waals surface area (Å²) in [6.07, 6.45) is 0.406. The zero-order chi connectivity index (χ0) is 16.1. The quantitative estimate of drug-likeness (QED) is 0.657. The molecule has 0 spiro atoms. The fourth-order valence-corrected chi connectivity index (χ4v) is 2.63. The van der Waals surface area contributed by atoms with E-state index in [2.05, 4.69) is 10.2 Å². The molecule has 7 heteroatoms. The number of hydrogen-bond acceptors (Lipinski definition) is 5. The molecular weight excluding hydrogens is 286 g/mol. The van der Waals surface area contributed by atoms with E-state index >= 15 is 0 Å². The van der Waals surface area contributed by atoms with Gasteiger partial charge in [-0.15, -0.1) is 0 Å². The van der Waals surface area contributed by atoms with Crippen LogP contribution in [0.25, 0.3) is 0 Å². The van der Waals surface area contributed by atoms with Crippen molar-refractivity contribution in [2.24, 2.45) is 0 Å². The zero-order valence-corrected chi connectivity index (χ0v) is 12.8. The highest BCUT2D eigenvalue weighted by Gasteiger charge is 2.21. The molecule has 2 unspecified atom stereocenters. The van der Waals surface area contributed by atoms with Gasteiger partial charge < -0.3 is 10.1 Å². The molecule has 1 aliphatic heterocycles. The first-order chi connectivity index (χ1) is 10.5. The Bertz CT molecular complexity index is 522. The van der Waals surface area contributed by atoms with E-state index in [1.807, 2.05) is 13.8 Å². The maximum absolute atomic E-state index is 12.0. The SMILES string of the molecule is CC1CN(CCNC(=O)c2ccc([N+](=O)[O-])cc2)CC(C)O1. The molecule has 0 bridgehead atoms. The van der Waals surface area contributed by atoms with Gasteiger partial charge in [0.2, 0.25) is 0 Å². The van der Waals surface area contributed by atoms with Crippen LogP contribution in [0.4, 0.5) is 5.69 Å². The molecule has 1 aliphatic rings. The molecule has 1 aromatic carbocycles. The monoisotopic (exact) mass is 307 g/mol. The number of ether oxygens (including phenoxy) is 1. The Morgan fingerprint density at radius 1 is 1.32 bits per heavy atom. The second kappa shape index (κ2) is 7.33. The Morgan fingerprint density at radius 2 is 1.91 bits per heavy atom. The van der Waals surface area contributed by atoms with E-state index in [9.17, 15) is 14.9 Å². The fraction of sp³-hybridized carbons (Fsp3) is 0.533. The van der Waals surface area contributed by atoms with Gasteiger partial charge in [-0.1, -0.05) is 0 Å². The molecule has 1 amide bonds. The molecule has 7 nitrogen and oxygen atoms in total. The maximum atomic E-state index is 12.0. The van der Waals surface area contributed by atoms with Crippen molar-refractivity contribution in [3.63, 3.8) is 0 Å². The Hall–Kier alpha value is -1.99. The summed E-state index contributed by atoms with van der Waals surface area (Å²) in [5.74, 6) is -0.218. The van der Waals surface area contributed by atoms with Crippen LogP contribution in [-0.2, 0) is 4.74 Å². The summed E-state index contributed by atoms with van der Waals surface area (Å²) < 4.78 is 5.66. The number of nitrogens with one attached hydrogen (secondary N) is 1. The van der Waals surface area contributed by atoms with Gasteiger partial charge in [0.05, 0.1) is 17.1 Å². The molecule has 1 saturated heterocycles. The van der Waals surface area contributed by atoms with Gasteiger partial charge in [-0.2, -0.15) is 0 Å². The number of hydrogen-bond donors (Lipinski definition) is 1. The molecule has 1 fully saturated rings. The summed E-state index contributed by atoms with van der Waals surface area (Å²) in [5.41, 5.74) is 0.405. The first-order valence-electron chi connectivity index (χ1n) is 7.36. The molecular formula is C15H21N3O4. The molecule has 0 aliphatic carbocycles. The lowest BCUT2D eigenvalue weighted by molar-refractivity contribution is -0.384. The lowest BCUT2D eigenvalue weighted by Gasteiger charge is -2.35. The maximum Gasteiger partial charge on any atom is 0.269 e. The Balaban J connectivity index is 1.79. The number of non-ortho nitro benzene ring substituents is 1. The topological polar surface area (TPSA) is 84.7 Å². The number of carbonyl (C=O) groups is 1. The Morgan fingerprint density at radius 3 is 2.45 bits per heavy atom. The number of nitro groups is 1. The van der Waals surface area contributed by atoms with E-state index in [-0.39, 0.29) is 23.8 Å². The first kappa shape index (κ1) is 16.4. The summed E-state index contributed by atoms with van der Waals surface area (Å²) in [6, 6.07) is 5.60. The van der Waals surface area contributed by atoms with E-state index in [0.717, 1.165) is 19.6 Å². The van der Waals surface area contributed by atoms with Crippen LogP contribution in [0.1, 0.15) is 24.2 Å². The molecule has 2 rings (SSSR count). The normalized spacial score (nSPS) is 22.3. The zero-order valence-electron chi connectivity index (χ0n) is 12.8. The first-order valence-corrected chi connectivity index (χ1v) is 7.36. The van der Waals surface area contributed by atoms with Gasteiger partial charge in [-0.3, -0.25) is 19.8 Å². The van der Waals surface area contributed by atoms with Crippen LogP contribution < -0.4 is 5.32 Å². The minimum Gasteiger partial charge on any atom is -0.373 e. The lowest BCUT2D eigenvalue weighted by Crippen LogP contribution is -2.47. The predicted octanol–water partition coefficient (Wildman–Crippen LogP) is 1.43. The van der Waals surface area contributed by atoms with Gasteiger partial charge in [0.15, 0.2) is 0 Å². The molecule has 0 aromatic heterocycles. The number of amides is 1. The number of carbonyl (C=O) groups excluding carboxylic acids is 1. The minimum atomic E-state index is -0.484. The predicted molar refractivity (Wildman–Crippen MR) is 81.9 cm³/mol. The van der Waals surface area contributed by atoms with Crippen LogP contribution in [-0.4, -0.2) is 54.1 Å². The molecule has 1 N–H and O–H groups in total. The molecule has 0 radical (unpaired) electrons. The highest BCUT2D eigenvalue weighted by atomic mass is 16.6. The minimum absolute atomic E-state index is 0.0205. The molecule has 1 aromatic rings. The lowest BCUT2D eigenvalue weighted by atomic mass is 10.2. The van der Waals surface area contributed by atoms with Crippen molar-refractivity contribution in [2.45, 2.75) is 26.1 Å². The number of benzene rings is 1. The highest BCUT2D eigenvalue weighted by Crippen LogP contribution is 2.12. The van der Waals surface area contributed by atoms with Gasteiger partial charge in [0, 0.05) is 43.9 Å². The summed E-state index contributed by atoms with van der Waals surface area (Å²) in [6.45, 7) is 7.09. The van der Waals surface area contributed by atoms with Crippen LogP contribution in [0.3, 0.4) is 0 Å². The van der Waals surface area contributed by atoms with Crippen LogP contribution in [0.2, 0.25) is 0 Å². The summed E-state index contributed by atoms with van der Waals surface area (Å²) in [7, 11) is 0. The van der Waals surface area contributed by atoms with Crippen molar-refractivity contribution in [3.05, 3.63) is 39.9 Å². The van der Waals surface area contributed by atoms with Gasteiger partial charge in [0.25, 0.3) is 11.6 Å². The number of rotatable bonds is 5. The largest absolute Gasteiger partial charge is 0.373 e. The van der Waals surface area contributed by atoms with Crippen molar-refractivity contribution >= 4 is 11.6 Å². The van der Waals surface area contributed by atoms with E-state index in [4.69, 9.17) is 4.74 Å². The average Bonchev–Trinajstić information content (AvgIpc) is 2.46. The van der Waals surface area contributed by atoms with Crippen molar-refractivity contribution in [2.75, 3.05) is 26.2 Å². The number of morpholine rings is 1.